The van der Waals surface area contributed by atoms with Crippen molar-refractivity contribution in [1.82, 2.24) is 9.97 Å². The van der Waals surface area contributed by atoms with Crippen LogP contribution in [0.1, 0.15) is 10.6 Å². The molecule has 0 saturated heterocycles. The van der Waals surface area contributed by atoms with E-state index in [1.807, 2.05) is 35.7 Å². The third kappa shape index (κ3) is 3.06. The highest BCUT2D eigenvalue weighted by Gasteiger charge is 2.09. The molecule has 0 amide bonds. The van der Waals surface area contributed by atoms with Crippen molar-refractivity contribution in [2.75, 3.05) is 0 Å². The third-order valence-electron chi connectivity index (χ3n) is 3.04. The molecule has 0 bridgehead atoms. The molecule has 2 aromatic heterocycles. The molecule has 3 nitrogen and oxygen atoms in total. The molecule has 0 unspecified atom stereocenters. The lowest BCUT2D eigenvalue weighted by atomic mass is 10.1. The number of pyridine rings is 1. The number of halogens is 1. The van der Waals surface area contributed by atoms with Crippen molar-refractivity contribution in [2.24, 2.45) is 0 Å². The molecule has 0 atom stereocenters. The lowest BCUT2D eigenvalue weighted by Crippen LogP contribution is -1.83. The summed E-state index contributed by atoms with van der Waals surface area (Å²) in [6.07, 6.45) is 5.20. The molecule has 0 aliphatic rings. The highest BCUT2D eigenvalue weighted by molar-refractivity contribution is 7.11. The highest BCUT2D eigenvalue weighted by Crippen LogP contribution is 2.28. The Morgan fingerprint density at radius 3 is 2.68 bits per heavy atom. The van der Waals surface area contributed by atoms with Gasteiger partial charge in [0.1, 0.15) is 11.1 Å². The van der Waals surface area contributed by atoms with Crippen LogP contribution in [-0.4, -0.2) is 9.97 Å². The van der Waals surface area contributed by atoms with Gasteiger partial charge in [-0.2, -0.15) is 5.26 Å². The zero-order valence-electron chi connectivity index (χ0n) is 11.4. The topological polar surface area (TPSA) is 49.6 Å². The Morgan fingerprint density at radius 1 is 1.18 bits per heavy atom. The van der Waals surface area contributed by atoms with E-state index in [0.29, 0.717) is 15.6 Å². The molecule has 5 heteroatoms. The second-order valence-corrected chi connectivity index (χ2v) is 5.73. The Balaban J connectivity index is 1.98. The monoisotopic (exact) mass is 323 g/mol. The fourth-order valence-corrected chi connectivity index (χ4v) is 2.93. The quantitative estimate of drug-likeness (QED) is 0.642. The van der Waals surface area contributed by atoms with Gasteiger partial charge in [-0.25, -0.2) is 4.98 Å². The largest absolute Gasteiger partial charge is 0.265 e. The molecule has 0 N–H and O–H groups in total. The van der Waals surface area contributed by atoms with Crippen LogP contribution in [0.4, 0.5) is 0 Å². The van der Waals surface area contributed by atoms with Crippen LogP contribution in [0.5, 0.6) is 0 Å². The van der Waals surface area contributed by atoms with Crippen LogP contribution >= 0.6 is 22.9 Å². The Morgan fingerprint density at radius 2 is 1.95 bits per heavy atom. The molecular weight excluding hydrogens is 314 g/mol. The van der Waals surface area contributed by atoms with Gasteiger partial charge in [0, 0.05) is 28.4 Å². The van der Waals surface area contributed by atoms with E-state index < -0.39 is 0 Å². The number of hydrogen-bond donors (Lipinski definition) is 0. The number of nitrogens with zero attached hydrogens (tertiary/aromatic N) is 3. The number of nitriles is 1. The minimum absolute atomic E-state index is 0.499. The van der Waals surface area contributed by atoms with Crippen molar-refractivity contribution in [3.63, 3.8) is 0 Å². The van der Waals surface area contributed by atoms with Crippen LogP contribution in [0.2, 0.25) is 5.02 Å². The lowest BCUT2D eigenvalue weighted by molar-refractivity contribution is 1.31. The molecule has 0 radical (unpaired) electrons. The Kier molecular flexibility index (Phi) is 4.29. The van der Waals surface area contributed by atoms with Gasteiger partial charge in [-0.05, 0) is 29.8 Å². The smallest absolute Gasteiger partial charge is 0.134 e. The maximum absolute atomic E-state index is 9.41. The zero-order valence-corrected chi connectivity index (χ0v) is 13.0. The first-order valence-electron chi connectivity index (χ1n) is 6.50. The van der Waals surface area contributed by atoms with Crippen molar-refractivity contribution < 1.29 is 0 Å². The van der Waals surface area contributed by atoms with Crippen LogP contribution in [-0.2, 0) is 0 Å². The first-order chi connectivity index (χ1) is 10.8. The van der Waals surface area contributed by atoms with E-state index in [1.165, 1.54) is 11.3 Å². The van der Waals surface area contributed by atoms with Crippen molar-refractivity contribution in [1.29, 1.82) is 5.26 Å². The summed E-state index contributed by atoms with van der Waals surface area (Å²) in [6.45, 7) is 0. The van der Waals surface area contributed by atoms with Gasteiger partial charge in [0.05, 0.1) is 11.3 Å². The van der Waals surface area contributed by atoms with E-state index in [4.69, 9.17) is 11.6 Å². The fourth-order valence-electron chi connectivity index (χ4n) is 1.94. The molecule has 106 valence electrons. The average Bonchev–Trinajstić information content (AvgIpc) is 3.05. The Hall–Kier alpha value is -2.48. The number of aromatic nitrogens is 2. The normalized spacial score (nSPS) is 11.2. The molecule has 0 fully saturated rings. The van der Waals surface area contributed by atoms with Gasteiger partial charge < -0.3 is 0 Å². The van der Waals surface area contributed by atoms with Crippen molar-refractivity contribution in [3.05, 3.63) is 69.8 Å². The second kappa shape index (κ2) is 6.52. The molecule has 3 aromatic rings. The summed E-state index contributed by atoms with van der Waals surface area (Å²) in [6, 6.07) is 13.4. The fraction of sp³-hybridized carbons (Fsp3) is 0. The van der Waals surface area contributed by atoms with E-state index in [2.05, 4.69) is 16.0 Å². The molecule has 22 heavy (non-hydrogen) atoms. The molecule has 1 aromatic carbocycles. The van der Waals surface area contributed by atoms with Gasteiger partial charge in [-0.3, -0.25) is 4.98 Å². The van der Waals surface area contributed by atoms with Crippen LogP contribution in [0.25, 0.3) is 22.9 Å². The number of thiazole rings is 1. The van der Waals surface area contributed by atoms with Crippen LogP contribution < -0.4 is 0 Å². The van der Waals surface area contributed by atoms with Gasteiger partial charge in [-0.1, -0.05) is 29.8 Å². The number of hydrogen-bond acceptors (Lipinski definition) is 4. The van der Waals surface area contributed by atoms with Gasteiger partial charge in [0.15, 0.2) is 0 Å². The summed E-state index contributed by atoms with van der Waals surface area (Å²) in [4.78, 5) is 8.53. The average molecular weight is 324 g/mol. The SMILES string of the molecule is N#C/C(=C/c1ccccc1Cl)c1nc(-c2ccncc2)cs1. The molecule has 0 aliphatic carbocycles. The molecule has 3 rings (SSSR count). The third-order valence-corrected chi connectivity index (χ3v) is 4.26. The maximum Gasteiger partial charge on any atom is 0.134 e. The van der Waals surface area contributed by atoms with Gasteiger partial charge in [0.25, 0.3) is 0 Å². The van der Waals surface area contributed by atoms with Crippen LogP contribution in [0.3, 0.4) is 0 Å². The minimum Gasteiger partial charge on any atom is -0.265 e. The highest BCUT2D eigenvalue weighted by atomic mass is 35.5. The molecule has 0 saturated carbocycles. The van der Waals surface area contributed by atoms with E-state index in [9.17, 15) is 5.26 Å². The molecular formula is C17H10ClN3S. The minimum atomic E-state index is 0.499. The van der Waals surface area contributed by atoms with E-state index >= 15 is 0 Å². The zero-order chi connectivity index (χ0) is 15.4. The number of benzene rings is 1. The summed E-state index contributed by atoms with van der Waals surface area (Å²) >= 11 is 7.57. The van der Waals surface area contributed by atoms with Crippen LogP contribution in [0, 0.1) is 11.3 Å². The second-order valence-electron chi connectivity index (χ2n) is 4.47. The predicted molar refractivity (Wildman–Crippen MR) is 90.3 cm³/mol. The van der Waals surface area contributed by atoms with Gasteiger partial charge in [-0.15, -0.1) is 11.3 Å². The summed E-state index contributed by atoms with van der Waals surface area (Å²) in [5.41, 5.74) is 3.12. The maximum atomic E-state index is 9.41. The van der Waals surface area contributed by atoms with Crippen LogP contribution in [0.15, 0.2) is 54.2 Å². The van der Waals surface area contributed by atoms with Gasteiger partial charge in [0.2, 0.25) is 0 Å². The van der Waals surface area contributed by atoms with E-state index in [-0.39, 0.29) is 0 Å². The lowest BCUT2D eigenvalue weighted by Gasteiger charge is -1.98. The summed E-state index contributed by atoms with van der Waals surface area (Å²) in [7, 11) is 0. The predicted octanol–water partition coefficient (Wildman–Crippen LogP) is 4.92. The first kappa shape index (κ1) is 14.5. The van der Waals surface area contributed by atoms with Crippen molar-refractivity contribution in [2.45, 2.75) is 0 Å². The Labute approximate surface area is 137 Å². The Bertz CT molecular complexity index is 863. The molecule has 0 aliphatic heterocycles. The summed E-state index contributed by atoms with van der Waals surface area (Å²) in [5.74, 6) is 0. The van der Waals surface area contributed by atoms with E-state index in [0.717, 1.165) is 16.8 Å². The molecule has 0 spiro atoms. The first-order valence-corrected chi connectivity index (χ1v) is 7.76. The van der Waals surface area contributed by atoms with Gasteiger partial charge >= 0.3 is 0 Å². The summed E-state index contributed by atoms with van der Waals surface area (Å²) < 4.78 is 0. The van der Waals surface area contributed by atoms with Crippen molar-refractivity contribution in [3.8, 4) is 17.3 Å². The number of rotatable bonds is 3. The summed E-state index contributed by atoms with van der Waals surface area (Å²) in [5, 5.41) is 12.6. The number of allylic oxidation sites excluding steroid dienone is 1. The van der Waals surface area contributed by atoms with E-state index in [1.54, 1.807) is 24.5 Å². The molecule has 2 heterocycles. The standard InChI is InChI=1S/C17H10ClN3S/c18-15-4-2-1-3-13(15)9-14(10-19)17-21-16(11-22-17)12-5-7-20-8-6-12/h1-9,11H/b14-9-. The van der Waals surface area contributed by atoms with Crippen molar-refractivity contribution >= 4 is 34.6 Å².